The molecule has 2 rings (SSSR count). The SMILES string of the molecule is CCNC(=NCc1ccc(C)cc1SC)NCC1(O)CCSC1. The molecular weight excluding hydrogens is 326 g/mol. The maximum absolute atomic E-state index is 10.4. The summed E-state index contributed by atoms with van der Waals surface area (Å²) in [7, 11) is 0. The summed E-state index contributed by atoms with van der Waals surface area (Å²) in [5.41, 5.74) is 1.90. The number of rotatable bonds is 6. The van der Waals surface area contributed by atoms with E-state index in [4.69, 9.17) is 0 Å². The molecule has 1 aliphatic heterocycles. The van der Waals surface area contributed by atoms with Crippen LogP contribution in [-0.2, 0) is 6.54 Å². The van der Waals surface area contributed by atoms with E-state index < -0.39 is 5.60 Å². The van der Waals surface area contributed by atoms with Crippen LogP contribution < -0.4 is 10.6 Å². The van der Waals surface area contributed by atoms with E-state index in [1.165, 1.54) is 16.0 Å². The van der Waals surface area contributed by atoms with Gasteiger partial charge < -0.3 is 15.7 Å². The first-order valence-electron chi connectivity index (χ1n) is 8.02. The van der Waals surface area contributed by atoms with Gasteiger partial charge in [0.15, 0.2) is 5.96 Å². The molecule has 1 saturated heterocycles. The van der Waals surface area contributed by atoms with Crippen molar-refractivity contribution in [3.63, 3.8) is 0 Å². The maximum Gasteiger partial charge on any atom is 0.191 e. The Morgan fingerprint density at radius 1 is 1.43 bits per heavy atom. The van der Waals surface area contributed by atoms with Gasteiger partial charge in [0, 0.05) is 23.7 Å². The Kier molecular flexibility index (Phi) is 7.11. The van der Waals surface area contributed by atoms with Gasteiger partial charge in [0.1, 0.15) is 0 Å². The van der Waals surface area contributed by atoms with Gasteiger partial charge >= 0.3 is 0 Å². The standard InChI is InChI=1S/C17H27N3OS2/c1-4-18-16(20-11-17(21)7-8-23-12-17)19-10-14-6-5-13(2)9-15(14)22-3/h5-6,9,21H,4,7-8,10-12H2,1-3H3,(H2,18,19,20). The van der Waals surface area contributed by atoms with E-state index in [-0.39, 0.29) is 0 Å². The highest BCUT2D eigenvalue weighted by Crippen LogP contribution is 2.27. The molecule has 4 nitrogen and oxygen atoms in total. The molecule has 0 radical (unpaired) electrons. The Labute approximate surface area is 147 Å². The summed E-state index contributed by atoms with van der Waals surface area (Å²) < 4.78 is 0. The largest absolute Gasteiger partial charge is 0.387 e. The van der Waals surface area contributed by atoms with Crippen molar-refractivity contribution < 1.29 is 5.11 Å². The number of hydrogen-bond donors (Lipinski definition) is 3. The number of thioether (sulfide) groups is 2. The summed E-state index contributed by atoms with van der Waals surface area (Å²) in [6.07, 6.45) is 2.94. The smallest absolute Gasteiger partial charge is 0.191 e. The van der Waals surface area contributed by atoms with Crippen molar-refractivity contribution in [1.29, 1.82) is 0 Å². The highest BCUT2D eigenvalue weighted by atomic mass is 32.2. The number of nitrogens with one attached hydrogen (secondary N) is 2. The number of aliphatic hydroxyl groups is 1. The van der Waals surface area contributed by atoms with Crippen LogP contribution in [0.1, 0.15) is 24.5 Å². The fourth-order valence-corrected chi connectivity index (χ4v) is 4.47. The lowest BCUT2D eigenvalue weighted by Gasteiger charge is -2.23. The first kappa shape index (κ1) is 18.5. The van der Waals surface area contributed by atoms with Crippen LogP contribution in [0.15, 0.2) is 28.1 Å². The molecule has 128 valence electrons. The van der Waals surface area contributed by atoms with Gasteiger partial charge in [-0.1, -0.05) is 12.1 Å². The first-order valence-corrected chi connectivity index (χ1v) is 10.4. The number of guanidine groups is 1. The molecule has 0 amide bonds. The van der Waals surface area contributed by atoms with Crippen molar-refractivity contribution in [2.24, 2.45) is 4.99 Å². The Hall–Kier alpha value is -0.850. The minimum absolute atomic E-state index is 0.551. The molecule has 1 heterocycles. The molecule has 1 aliphatic rings. The monoisotopic (exact) mass is 353 g/mol. The second kappa shape index (κ2) is 8.85. The quantitative estimate of drug-likeness (QED) is 0.417. The Balaban J connectivity index is 2.00. The zero-order valence-corrected chi connectivity index (χ0v) is 15.8. The van der Waals surface area contributed by atoms with Crippen molar-refractivity contribution in [3.05, 3.63) is 29.3 Å². The lowest BCUT2D eigenvalue weighted by molar-refractivity contribution is 0.0724. The summed E-state index contributed by atoms with van der Waals surface area (Å²) in [5.74, 6) is 2.60. The lowest BCUT2D eigenvalue weighted by Crippen LogP contribution is -2.47. The molecule has 1 aromatic carbocycles. The molecule has 3 N–H and O–H groups in total. The molecule has 23 heavy (non-hydrogen) atoms. The lowest BCUT2D eigenvalue weighted by atomic mass is 10.0. The second-order valence-electron chi connectivity index (χ2n) is 5.89. The van der Waals surface area contributed by atoms with Crippen molar-refractivity contribution >= 4 is 29.5 Å². The molecule has 1 unspecified atom stereocenters. The third kappa shape index (κ3) is 5.62. The summed E-state index contributed by atoms with van der Waals surface area (Å²) in [4.78, 5) is 5.95. The Bertz CT molecular complexity index is 543. The third-order valence-electron chi connectivity index (χ3n) is 3.86. The first-order chi connectivity index (χ1) is 11.1. The third-order valence-corrected chi connectivity index (χ3v) is 5.92. The molecule has 0 aliphatic carbocycles. The molecule has 0 saturated carbocycles. The van der Waals surface area contributed by atoms with Crippen LogP contribution in [0.4, 0.5) is 0 Å². The highest BCUT2D eigenvalue weighted by molar-refractivity contribution is 7.99. The van der Waals surface area contributed by atoms with E-state index in [0.29, 0.717) is 13.1 Å². The van der Waals surface area contributed by atoms with E-state index in [1.807, 2.05) is 11.8 Å². The Morgan fingerprint density at radius 2 is 2.26 bits per heavy atom. The normalized spacial score (nSPS) is 21.5. The van der Waals surface area contributed by atoms with Crippen molar-refractivity contribution in [2.75, 3.05) is 30.9 Å². The van der Waals surface area contributed by atoms with Crippen LogP contribution in [0.3, 0.4) is 0 Å². The van der Waals surface area contributed by atoms with Crippen LogP contribution in [0.25, 0.3) is 0 Å². The van der Waals surface area contributed by atoms with E-state index in [0.717, 1.165) is 30.4 Å². The van der Waals surface area contributed by atoms with Gasteiger partial charge in [0.2, 0.25) is 0 Å². The maximum atomic E-state index is 10.4. The van der Waals surface area contributed by atoms with Crippen molar-refractivity contribution in [1.82, 2.24) is 10.6 Å². The number of aryl methyl sites for hydroxylation is 1. The van der Waals surface area contributed by atoms with Gasteiger partial charge in [-0.05, 0) is 49.5 Å². The van der Waals surface area contributed by atoms with Crippen molar-refractivity contribution in [3.8, 4) is 0 Å². The van der Waals surface area contributed by atoms with Gasteiger partial charge in [-0.3, -0.25) is 0 Å². The van der Waals surface area contributed by atoms with E-state index in [9.17, 15) is 5.11 Å². The van der Waals surface area contributed by atoms with E-state index >= 15 is 0 Å². The predicted octanol–water partition coefficient (Wildman–Crippen LogP) is 2.64. The van der Waals surface area contributed by atoms with Crippen LogP contribution in [0.5, 0.6) is 0 Å². The van der Waals surface area contributed by atoms with Gasteiger partial charge in [-0.15, -0.1) is 11.8 Å². The number of hydrogen-bond acceptors (Lipinski definition) is 4. The fourth-order valence-electron chi connectivity index (χ4n) is 2.47. The van der Waals surface area contributed by atoms with Gasteiger partial charge in [-0.25, -0.2) is 4.99 Å². The second-order valence-corrected chi connectivity index (χ2v) is 7.84. The summed E-state index contributed by atoms with van der Waals surface area (Å²) in [6, 6.07) is 6.48. The number of aliphatic imine (C=N–C) groups is 1. The molecule has 0 aromatic heterocycles. The summed E-state index contributed by atoms with van der Waals surface area (Å²) in [5, 5.41) is 17.0. The van der Waals surface area contributed by atoms with Crippen LogP contribution in [0.2, 0.25) is 0 Å². The van der Waals surface area contributed by atoms with Crippen LogP contribution in [-0.4, -0.2) is 47.5 Å². The predicted molar refractivity (Wildman–Crippen MR) is 103 cm³/mol. The minimum Gasteiger partial charge on any atom is -0.387 e. The summed E-state index contributed by atoms with van der Waals surface area (Å²) in [6.45, 7) is 6.16. The Morgan fingerprint density at radius 3 is 2.91 bits per heavy atom. The number of nitrogens with zero attached hydrogens (tertiary/aromatic N) is 1. The minimum atomic E-state index is -0.602. The summed E-state index contributed by atoms with van der Waals surface area (Å²) >= 11 is 3.56. The molecule has 1 fully saturated rings. The highest BCUT2D eigenvalue weighted by Gasteiger charge is 2.31. The van der Waals surface area contributed by atoms with Gasteiger partial charge in [0.05, 0.1) is 12.1 Å². The molecule has 1 aromatic rings. The average molecular weight is 354 g/mol. The molecular formula is C17H27N3OS2. The molecule has 6 heteroatoms. The average Bonchev–Trinajstić information content (AvgIpc) is 2.98. The topological polar surface area (TPSA) is 56.7 Å². The molecule has 0 spiro atoms. The molecule has 0 bridgehead atoms. The zero-order valence-electron chi connectivity index (χ0n) is 14.2. The number of benzene rings is 1. The molecule has 1 atom stereocenters. The zero-order chi connectivity index (χ0) is 16.7. The van der Waals surface area contributed by atoms with Gasteiger partial charge in [0.25, 0.3) is 0 Å². The van der Waals surface area contributed by atoms with E-state index in [2.05, 4.69) is 53.9 Å². The van der Waals surface area contributed by atoms with E-state index in [1.54, 1.807) is 11.8 Å². The van der Waals surface area contributed by atoms with Crippen molar-refractivity contribution in [2.45, 2.75) is 37.3 Å². The van der Waals surface area contributed by atoms with Crippen LogP contribution in [0, 0.1) is 6.92 Å². The van der Waals surface area contributed by atoms with Gasteiger partial charge in [-0.2, -0.15) is 11.8 Å². The fraction of sp³-hybridized carbons (Fsp3) is 0.588. The van der Waals surface area contributed by atoms with Crippen LogP contribution >= 0.6 is 23.5 Å².